The summed E-state index contributed by atoms with van der Waals surface area (Å²) in [5.41, 5.74) is 6.83. The van der Waals surface area contributed by atoms with E-state index in [0.717, 1.165) is 32.3 Å². The third-order valence-electron chi connectivity index (χ3n) is 4.80. The normalized spacial score (nSPS) is 10.9. The molecule has 3 aromatic carbocycles. The Balaban J connectivity index is 1.66. The summed E-state index contributed by atoms with van der Waals surface area (Å²) < 4.78 is 0.999. The zero-order chi connectivity index (χ0) is 19.6. The number of benzene rings is 3. The number of fused-ring (bicyclic) bond motifs is 1. The van der Waals surface area contributed by atoms with Gasteiger partial charge in [-0.15, -0.1) is 0 Å². The van der Waals surface area contributed by atoms with Crippen molar-refractivity contribution in [1.82, 2.24) is 15.0 Å². The van der Waals surface area contributed by atoms with Crippen molar-refractivity contribution in [2.75, 3.05) is 0 Å². The maximum atomic E-state index is 4.89. The van der Waals surface area contributed by atoms with E-state index in [2.05, 4.69) is 69.4 Å². The van der Waals surface area contributed by atoms with E-state index in [0.29, 0.717) is 5.82 Å². The molecule has 0 fully saturated rings. The molecule has 0 spiro atoms. The van der Waals surface area contributed by atoms with Gasteiger partial charge in [0.25, 0.3) is 0 Å². The van der Waals surface area contributed by atoms with Crippen LogP contribution in [0.15, 0.2) is 102 Å². The van der Waals surface area contributed by atoms with Crippen LogP contribution in [-0.2, 0) is 0 Å². The molecule has 0 saturated carbocycles. The fraction of sp³-hybridized carbons (Fsp3) is 0. The Hall–Kier alpha value is -3.37. The zero-order valence-electron chi connectivity index (χ0n) is 15.5. The first-order valence-electron chi connectivity index (χ1n) is 9.32. The van der Waals surface area contributed by atoms with E-state index in [4.69, 9.17) is 9.97 Å². The van der Waals surface area contributed by atoms with Crippen molar-refractivity contribution < 1.29 is 0 Å². The summed E-state index contributed by atoms with van der Waals surface area (Å²) in [6, 6.07) is 30.7. The van der Waals surface area contributed by atoms with Gasteiger partial charge in [-0.1, -0.05) is 82.7 Å². The van der Waals surface area contributed by atoms with Crippen LogP contribution in [0.2, 0.25) is 0 Å². The molecular formula is C25H16BrN3. The summed E-state index contributed by atoms with van der Waals surface area (Å²) in [6.45, 7) is 0. The Morgan fingerprint density at radius 1 is 0.586 bits per heavy atom. The predicted molar refractivity (Wildman–Crippen MR) is 121 cm³/mol. The standard InChI is InChI=1S/C25H16BrN3/c26-21-9-4-8-20(16-21)25-28-22-10-5-15-27-24(22)23(29-25)19-13-11-18(12-14-19)17-6-2-1-3-7-17/h1-16H. The fourth-order valence-corrected chi connectivity index (χ4v) is 3.78. The van der Waals surface area contributed by atoms with Crippen molar-refractivity contribution in [1.29, 1.82) is 0 Å². The van der Waals surface area contributed by atoms with Crippen LogP contribution >= 0.6 is 15.9 Å². The highest BCUT2D eigenvalue weighted by Gasteiger charge is 2.12. The lowest BCUT2D eigenvalue weighted by Crippen LogP contribution is -1.96. The second kappa shape index (κ2) is 7.57. The molecule has 0 aliphatic heterocycles. The van der Waals surface area contributed by atoms with Crippen molar-refractivity contribution in [2.24, 2.45) is 0 Å². The van der Waals surface area contributed by atoms with Crippen molar-refractivity contribution in [3.05, 3.63) is 102 Å². The van der Waals surface area contributed by atoms with Gasteiger partial charge in [-0.2, -0.15) is 0 Å². The largest absolute Gasteiger partial charge is 0.252 e. The van der Waals surface area contributed by atoms with Gasteiger partial charge in [-0.05, 0) is 35.4 Å². The maximum absolute atomic E-state index is 4.89. The summed E-state index contributed by atoms with van der Waals surface area (Å²) in [7, 11) is 0. The minimum atomic E-state index is 0.689. The van der Waals surface area contributed by atoms with E-state index in [-0.39, 0.29) is 0 Å². The molecule has 138 valence electrons. The van der Waals surface area contributed by atoms with E-state index < -0.39 is 0 Å². The quantitative estimate of drug-likeness (QED) is 0.311. The zero-order valence-corrected chi connectivity index (χ0v) is 17.0. The van der Waals surface area contributed by atoms with Crippen LogP contribution < -0.4 is 0 Å². The second-order valence-electron chi connectivity index (χ2n) is 6.72. The molecule has 0 amide bonds. The summed E-state index contributed by atoms with van der Waals surface area (Å²) >= 11 is 3.53. The van der Waals surface area contributed by atoms with Gasteiger partial charge in [0.1, 0.15) is 11.2 Å². The highest BCUT2D eigenvalue weighted by molar-refractivity contribution is 9.10. The minimum Gasteiger partial charge on any atom is -0.252 e. The van der Waals surface area contributed by atoms with Gasteiger partial charge in [0, 0.05) is 21.8 Å². The van der Waals surface area contributed by atoms with E-state index >= 15 is 0 Å². The first kappa shape index (κ1) is 17.7. The molecule has 4 heteroatoms. The average Bonchev–Trinajstić information content (AvgIpc) is 2.79. The summed E-state index contributed by atoms with van der Waals surface area (Å²) in [5.74, 6) is 0.689. The Morgan fingerprint density at radius 2 is 1.31 bits per heavy atom. The highest BCUT2D eigenvalue weighted by Crippen LogP contribution is 2.30. The number of nitrogens with zero attached hydrogens (tertiary/aromatic N) is 3. The SMILES string of the molecule is Brc1cccc(-c2nc(-c3ccc(-c4ccccc4)cc3)c3ncccc3n2)c1. The van der Waals surface area contributed by atoms with E-state index in [1.807, 2.05) is 42.5 Å². The number of aromatic nitrogens is 3. The van der Waals surface area contributed by atoms with Gasteiger partial charge < -0.3 is 0 Å². The molecule has 0 atom stereocenters. The summed E-state index contributed by atoms with van der Waals surface area (Å²) in [4.78, 5) is 14.2. The molecule has 29 heavy (non-hydrogen) atoms. The molecule has 0 unspecified atom stereocenters. The molecule has 3 nitrogen and oxygen atoms in total. The Kier molecular flexibility index (Phi) is 4.62. The van der Waals surface area contributed by atoms with Gasteiger partial charge >= 0.3 is 0 Å². The molecule has 0 saturated heterocycles. The molecule has 0 bridgehead atoms. The van der Waals surface area contributed by atoms with Gasteiger partial charge in [-0.3, -0.25) is 4.98 Å². The van der Waals surface area contributed by atoms with Crippen molar-refractivity contribution in [3.63, 3.8) is 0 Å². The van der Waals surface area contributed by atoms with E-state index in [1.54, 1.807) is 6.20 Å². The van der Waals surface area contributed by atoms with Crippen molar-refractivity contribution in [2.45, 2.75) is 0 Å². The van der Waals surface area contributed by atoms with Gasteiger partial charge in [0.15, 0.2) is 5.82 Å². The van der Waals surface area contributed by atoms with Gasteiger partial charge in [0.2, 0.25) is 0 Å². The van der Waals surface area contributed by atoms with Crippen LogP contribution in [0.4, 0.5) is 0 Å². The molecule has 5 aromatic rings. The lowest BCUT2D eigenvalue weighted by molar-refractivity contribution is 1.20. The Bertz CT molecular complexity index is 1300. The monoisotopic (exact) mass is 437 g/mol. The minimum absolute atomic E-state index is 0.689. The molecule has 5 rings (SSSR count). The van der Waals surface area contributed by atoms with Gasteiger partial charge in [0.05, 0.1) is 5.52 Å². The molecule has 0 N–H and O–H groups in total. The lowest BCUT2D eigenvalue weighted by Gasteiger charge is -2.09. The Morgan fingerprint density at radius 3 is 2.10 bits per heavy atom. The van der Waals surface area contributed by atoms with Gasteiger partial charge in [-0.25, -0.2) is 9.97 Å². The maximum Gasteiger partial charge on any atom is 0.160 e. The smallest absolute Gasteiger partial charge is 0.160 e. The number of hydrogen-bond donors (Lipinski definition) is 0. The average molecular weight is 438 g/mol. The molecule has 0 aliphatic carbocycles. The molecular weight excluding hydrogens is 422 g/mol. The van der Waals surface area contributed by atoms with Crippen LogP contribution in [-0.4, -0.2) is 15.0 Å². The second-order valence-corrected chi connectivity index (χ2v) is 7.64. The topological polar surface area (TPSA) is 38.7 Å². The van der Waals surface area contributed by atoms with Crippen LogP contribution in [0, 0.1) is 0 Å². The van der Waals surface area contributed by atoms with Crippen LogP contribution in [0.3, 0.4) is 0 Å². The highest BCUT2D eigenvalue weighted by atomic mass is 79.9. The first-order chi connectivity index (χ1) is 14.3. The van der Waals surface area contributed by atoms with Crippen LogP contribution in [0.1, 0.15) is 0 Å². The van der Waals surface area contributed by atoms with Crippen LogP contribution in [0.25, 0.3) is 44.8 Å². The van der Waals surface area contributed by atoms with E-state index in [1.165, 1.54) is 11.1 Å². The molecule has 0 radical (unpaired) electrons. The first-order valence-corrected chi connectivity index (χ1v) is 10.1. The lowest BCUT2D eigenvalue weighted by atomic mass is 10.0. The fourth-order valence-electron chi connectivity index (χ4n) is 3.38. The van der Waals surface area contributed by atoms with Crippen molar-refractivity contribution in [3.8, 4) is 33.8 Å². The number of pyridine rings is 1. The number of halogens is 1. The third-order valence-corrected chi connectivity index (χ3v) is 5.30. The van der Waals surface area contributed by atoms with Crippen LogP contribution in [0.5, 0.6) is 0 Å². The third kappa shape index (κ3) is 3.55. The summed E-state index contributed by atoms with van der Waals surface area (Å²) in [5, 5.41) is 0. The molecule has 0 aliphatic rings. The predicted octanol–water partition coefficient (Wildman–Crippen LogP) is 6.79. The number of rotatable bonds is 3. The van der Waals surface area contributed by atoms with Crippen molar-refractivity contribution >= 4 is 27.0 Å². The Labute approximate surface area is 177 Å². The summed E-state index contributed by atoms with van der Waals surface area (Å²) in [6.07, 6.45) is 1.78. The van der Waals surface area contributed by atoms with E-state index in [9.17, 15) is 0 Å². The number of hydrogen-bond acceptors (Lipinski definition) is 3. The molecule has 2 aromatic heterocycles. The molecule has 2 heterocycles.